The van der Waals surface area contributed by atoms with E-state index in [1.807, 2.05) is 0 Å². The van der Waals surface area contributed by atoms with Crippen molar-refractivity contribution in [3.8, 4) is 0 Å². The fraction of sp³-hybridized carbons (Fsp3) is 0.324. The minimum absolute atomic E-state index is 0.0833. The second-order valence-electron chi connectivity index (χ2n) is 12.4. The summed E-state index contributed by atoms with van der Waals surface area (Å²) in [7, 11) is 0. The summed E-state index contributed by atoms with van der Waals surface area (Å²) in [6.45, 7) is 3.37. The van der Waals surface area contributed by atoms with Gasteiger partial charge in [-0.3, -0.25) is 33.8 Å². The van der Waals surface area contributed by atoms with Crippen LogP contribution >= 0.6 is 23.5 Å². The van der Waals surface area contributed by atoms with Crippen LogP contribution in [0.4, 0.5) is 13.2 Å². The second kappa shape index (κ2) is 15.9. The van der Waals surface area contributed by atoms with E-state index < -0.39 is 82.6 Å². The van der Waals surface area contributed by atoms with Crippen LogP contribution in [0, 0.1) is 0 Å². The zero-order chi connectivity index (χ0) is 39.6. The number of aliphatic carboxylic acids is 2. The van der Waals surface area contributed by atoms with E-state index in [0.717, 1.165) is 0 Å². The highest BCUT2D eigenvalue weighted by atomic mass is 32.2. The number of nitrogens with two attached hydrogens (primary N) is 1. The van der Waals surface area contributed by atoms with Gasteiger partial charge in [-0.1, -0.05) is 60.7 Å². The maximum atomic E-state index is 13.9. The minimum Gasteiger partial charge on any atom is -0.477 e. The van der Waals surface area contributed by atoms with Gasteiger partial charge in [-0.15, -0.1) is 23.5 Å². The number of carbonyl (C=O) groups is 7. The second-order valence-corrected chi connectivity index (χ2v) is 14.6. The Labute approximate surface area is 313 Å². The third-order valence-electron chi connectivity index (χ3n) is 8.69. The van der Waals surface area contributed by atoms with E-state index >= 15 is 0 Å². The van der Waals surface area contributed by atoms with E-state index in [1.54, 1.807) is 74.5 Å². The molecule has 6 rings (SSSR count). The largest absolute Gasteiger partial charge is 0.490 e. The van der Waals surface area contributed by atoms with Crippen LogP contribution in [0.2, 0.25) is 0 Å². The van der Waals surface area contributed by atoms with Gasteiger partial charge < -0.3 is 31.9 Å². The number of carboxylic acids is 2. The molecule has 0 aromatic heterocycles. The molecule has 6 atom stereocenters. The van der Waals surface area contributed by atoms with Crippen LogP contribution in [0.5, 0.6) is 0 Å². The number of β-lactam (4-membered cyclic amide) rings is 2. The molecule has 2 fully saturated rings. The number of hydrogen-bond donors (Lipinski definition) is 6. The Bertz CT molecular complexity index is 1950. The summed E-state index contributed by atoms with van der Waals surface area (Å²) in [6.07, 6.45) is -5.08. The Morgan fingerprint density at radius 3 is 1.65 bits per heavy atom. The van der Waals surface area contributed by atoms with Crippen molar-refractivity contribution in [2.75, 3.05) is 11.5 Å². The molecule has 4 aliphatic heterocycles. The number of carboxylic acid groups (broad SMARTS) is 2. The molecule has 4 heterocycles. The summed E-state index contributed by atoms with van der Waals surface area (Å²) in [6, 6.07) is 13.1. The number of benzene rings is 2. The maximum absolute atomic E-state index is 13.9. The summed E-state index contributed by atoms with van der Waals surface area (Å²) in [5, 5.41) is 23.8. The first-order valence-electron chi connectivity index (χ1n) is 16.0. The van der Waals surface area contributed by atoms with Crippen LogP contribution in [0.1, 0.15) is 37.1 Å². The number of nitrogens with zero attached hydrogens (tertiary/aromatic N) is 2. The smallest absolute Gasteiger partial charge is 0.477 e. The standard InChI is InChI=1S/C32H32N6O7S2.C2HF3O2/c1-15-13-46-30-21(35-25(39)19(33)17-9-5-3-6-10-17)28(42)37(30)23(15)27(41)34-20(18-11-7-4-8-12-18)26(40)36-22-29(43)38-24(32(44)45)16(2)14-47-31(22)38;3-2(4,5)1(6)7/h3-12,19-22,30-31H,13-14,33H2,1-2H3,(H,34,41)(H,35,39)(H,36,40)(H,44,45);(H,6,7)/t19-,20-,21-,22-,30-,31?;/m1./s1. The molecular formula is C34H33F3N6O9S2. The molecule has 2 saturated heterocycles. The number of carbonyl (C=O) groups excluding carboxylic acids is 5. The van der Waals surface area contributed by atoms with Gasteiger partial charge in [0.05, 0.1) is 0 Å². The Morgan fingerprint density at radius 2 is 1.19 bits per heavy atom. The van der Waals surface area contributed by atoms with E-state index in [2.05, 4.69) is 16.0 Å². The SMILES string of the molecule is CC1=C(C(=O)O)N2C(=O)[C@@H](NC(=O)[C@H](NC(=O)C3=C(C)CS[C@@H]4[C@H](NC(=O)[C@H](N)c5ccccc5)C(=O)N34)c3ccccc3)C2SC1.O=C(O)C(F)(F)F. The number of hydrogen-bond acceptors (Lipinski definition) is 10. The van der Waals surface area contributed by atoms with Gasteiger partial charge in [0.25, 0.3) is 17.7 Å². The first-order chi connectivity index (χ1) is 25.4. The van der Waals surface area contributed by atoms with Gasteiger partial charge in [0.1, 0.15) is 46.3 Å². The van der Waals surface area contributed by atoms with Crippen LogP contribution in [-0.4, -0.2) is 102 Å². The quantitative estimate of drug-likeness (QED) is 0.199. The summed E-state index contributed by atoms with van der Waals surface area (Å²) in [5.74, 6) is -6.07. The maximum Gasteiger partial charge on any atom is 0.490 e. The van der Waals surface area contributed by atoms with E-state index in [-0.39, 0.29) is 11.4 Å². The minimum atomic E-state index is -5.08. The van der Waals surface area contributed by atoms with E-state index in [4.69, 9.17) is 15.6 Å². The van der Waals surface area contributed by atoms with Crippen molar-refractivity contribution in [3.05, 3.63) is 94.3 Å². The van der Waals surface area contributed by atoms with E-state index in [1.165, 1.54) is 33.3 Å². The zero-order valence-electron chi connectivity index (χ0n) is 28.3. The number of thioether (sulfide) groups is 2. The lowest BCUT2D eigenvalue weighted by molar-refractivity contribution is -0.192. The molecule has 0 spiro atoms. The predicted octanol–water partition coefficient (Wildman–Crippen LogP) is 1.61. The van der Waals surface area contributed by atoms with E-state index in [9.17, 15) is 47.0 Å². The van der Waals surface area contributed by atoms with Crippen LogP contribution in [0.3, 0.4) is 0 Å². The van der Waals surface area contributed by atoms with Crippen LogP contribution in [-0.2, 0) is 33.6 Å². The molecule has 54 heavy (non-hydrogen) atoms. The number of fused-ring (bicyclic) bond motifs is 2. The average Bonchev–Trinajstić information content (AvgIpc) is 3.14. The van der Waals surface area contributed by atoms with Gasteiger partial charge in [0, 0.05) is 11.5 Å². The lowest BCUT2D eigenvalue weighted by atomic mass is 9.99. The molecule has 15 nitrogen and oxygen atoms in total. The highest BCUT2D eigenvalue weighted by Crippen LogP contribution is 2.42. The topological polar surface area (TPSA) is 229 Å². The fourth-order valence-corrected chi connectivity index (χ4v) is 8.59. The molecule has 0 bridgehead atoms. The van der Waals surface area contributed by atoms with Gasteiger partial charge >= 0.3 is 18.1 Å². The molecule has 2 aromatic carbocycles. The summed E-state index contributed by atoms with van der Waals surface area (Å²) in [5.41, 5.74) is 8.34. The lowest BCUT2D eigenvalue weighted by Crippen LogP contribution is -2.72. The van der Waals surface area contributed by atoms with Gasteiger partial charge in [0.15, 0.2) is 0 Å². The number of alkyl halides is 3. The molecule has 4 aliphatic rings. The Morgan fingerprint density at radius 1 is 0.759 bits per heavy atom. The number of nitrogens with one attached hydrogen (secondary N) is 3. The molecule has 1 unspecified atom stereocenters. The van der Waals surface area contributed by atoms with Crippen LogP contribution < -0.4 is 21.7 Å². The summed E-state index contributed by atoms with van der Waals surface area (Å²) < 4.78 is 31.7. The molecule has 7 N–H and O–H groups in total. The van der Waals surface area contributed by atoms with Gasteiger partial charge in [-0.25, -0.2) is 9.59 Å². The predicted molar refractivity (Wildman–Crippen MR) is 187 cm³/mol. The van der Waals surface area contributed by atoms with E-state index in [0.29, 0.717) is 33.8 Å². The van der Waals surface area contributed by atoms with Crippen molar-refractivity contribution in [1.29, 1.82) is 0 Å². The van der Waals surface area contributed by atoms with Gasteiger partial charge in [0.2, 0.25) is 11.8 Å². The number of amides is 5. The van der Waals surface area contributed by atoms with Crippen molar-refractivity contribution in [3.63, 3.8) is 0 Å². The monoisotopic (exact) mass is 790 g/mol. The molecule has 286 valence electrons. The molecule has 0 saturated carbocycles. The summed E-state index contributed by atoms with van der Waals surface area (Å²) >= 11 is 2.74. The third-order valence-corrected chi connectivity index (χ3v) is 11.5. The molecule has 5 amide bonds. The highest BCUT2D eigenvalue weighted by Gasteiger charge is 2.56. The van der Waals surface area contributed by atoms with Crippen molar-refractivity contribution < 1.29 is 56.9 Å². The molecule has 20 heteroatoms. The fourth-order valence-electron chi connectivity index (χ4n) is 6.00. The van der Waals surface area contributed by atoms with Gasteiger partial charge in [-0.2, -0.15) is 13.2 Å². The molecule has 0 radical (unpaired) electrons. The first-order valence-corrected chi connectivity index (χ1v) is 18.1. The Kier molecular flexibility index (Phi) is 11.8. The van der Waals surface area contributed by atoms with Gasteiger partial charge in [-0.05, 0) is 36.1 Å². The van der Waals surface area contributed by atoms with Crippen LogP contribution in [0.15, 0.2) is 83.2 Å². The third kappa shape index (κ3) is 7.94. The Hall–Kier alpha value is -5.34. The Balaban J connectivity index is 0.000000730. The average molecular weight is 791 g/mol. The summed E-state index contributed by atoms with van der Waals surface area (Å²) in [4.78, 5) is 90.1. The first kappa shape index (κ1) is 39.9. The number of halogens is 3. The van der Waals surface area contributed by atoms with Crippen molar-refractivity contribution in [1.82, 2.24) is 25.8 Å². The molecule has 0 aliphatic carbocycles. The highest BCUT2D eigenvalue weighted by molar-refractivity contribution is 8.00. The van der Waals surface area contributed by atoms with Crippen molar-refractivity contribution >= 4 is 65.0 Å². The zero-order valence-corrected chi connectivity index (χ0v) is 30.0. The molecular weight excluding hydrogens is 758 g/mol. The van der Waals surface area contributed by atoms with Crippen molar-refractivity contribution in [2.24, 2.45) is 5.73 Å². The number of rotatable bonds is 9. The van der Waals surface area contributed by atoms with Crippen LogP contribution in [0.25, 0.3) is 0 Å². The normalized spacial score (nSPS) is 22.9. The van der Waals surface area contributed by atoms with Crippen molar-refractivity contribution in [2.45, 2.75) is 54.9 Å². The lowest BCUT2D eigenvalue weighted by Gasteiger charge is -2.50. The molecule has 2 aromatic rings.